The second-order valence-electron chi connectivity index (χ2n) is 4.92. The van der Waals surface area contributed by atoms with E-state index in [0.29, 0.717) is 6.54 Å². The predicted octanol–water partition coefficient (Wildman–Crippen LogP) is 3.75. The van der Waals surface area contributed by atoms with Crippen LogP contribution in [0, 0.1) is 13.8 Å². The van der Waals surface area contributed by atoms with Crippen LogP contribution in [0.3, 0.4) is 0 Å². The van der Waals surface area contributed by atoms with E-state index in [1.165, 1.54) is 20.9 Å². The highest BCUT2D eigenvalue weighted by Gasteiger charge is 2.09. The Kier molecular flexibility index (Phi) is 7.24. The monoisotopic (exact) mass is 310 g/mol. The molecule has 1 heterocycles. The fourth-order valence-electron chi connectivity index (χ4n) is 2.32. The first kappa shape index (κ1) is 17.2. The maximum Gasteiger partial charge on any atom is 0.0248 e. The number of nitrogens with two attached hydrogens (primary N) is 1. The fourth-order valence-corrected chi connectivity index (χ4v) is 3.26. The largest absolute Gasteiger partial charge is 0.329 e. The van der Waals surface area contributed by atoms with Crippen molar-refractivity contribution in [2.45, 2.75) is 26.9 Å². The van der Waals surface area contributed by atoms with Gasteiger partial charge in [0.15, 0.2) is 0 Å². The number of benzene rings is 1. The summed E-state index contributed by atoms with van der Waals surface area (Å²) in [5.41, 5.74) is 8.53. The standard InChI is InChI=1S/C16H22N2S.ClH/c1-13-10-16(14(2)19-13)12-18(9-8-17)11-15-6-4-3-5-7-15;/h3-7,10H,8-9,11-12,17H2,1-2H3;1H. The molecular formula is C16H23ClN2S. The minimum atomic E-state index is 0. The third-order valence-corrected chi connectivity index (χ3v) is 4.24. The molecule has 0 saturated heterocycles. The molecule has 0 unspecified atom stereocenters. The van der Waals surface area contributed by atoms with E-state index in [9.17, 15) is 0 Å². The van der Waals surface area contributed by atoms with Crippen molar-refractivity contribution in [2.24, 2.45) is 5.73 Å². The highest BCUT2D eigenvalue weighted by molar-refractivity contribution is 7.12. The van der Waals surface area contributed by atoms with Gasteiger partial charge < -0.3 is 5.73 Å². The average Bonchev–Trinajstić information content (AvgIpc) is 2.69. The first-order valence-electron chi connectivity index (χ1n) is 6.71. The van der Waals surface area contributed by atoms with Crippen molar-refractivity contribution in [3.05, 3.63) is 57.3 Å². The van der Waals surface area contributed by atoms with Gasteiger partial charge in [0.2, 0.25) is 0 Å². The summed E-state index contributed by atoms with van der Waals surface area (Å²) >= 11 is 1.88. The van der Waals surface area contributed by atoms with Gasteiger partial charge in [-0.15, -0.1) is 23.7 Å². The van der Waals surface area contributed by atoms with Crippen molar-refractivity contribution < 1.29 is 0 Å². The van der Waals surface area contributed by atoms with Gasteiger partial charge in [-0.2, -0.15) is 0 Å². The molecule has 2 N–H and O–H groups in total. The molecule has 0 spiro atoms. The second-order valence-corrected chi connectivity index (χ2v) is 6.38. The summed E-state index contributed by atoms with van der Waals surface area (Å²) in [4.78, 5) is 5.23. The zero-order valence-electron chi connectivity index (χ0n) is 12.1. The van der Waals surface area contributed by atoms with Crippen molar-refractivity contribution in [2.75, 3.05) is 13.1 Å². The van der Waals surface area contributed by atoms with Crippen molar-refractivity contribution in [1.29, 1.82) is 0 Å². The van der Waals surface area contributed by atoms with Crippen LogP contribution >= 0.6 is 23.7 Å². The van der Waals surface area contributed by atoms with Crippen LogP contribution in [0.15, 0.2) is 36.4 Å². The highest BCUT2D eigenvalue weighted by Crippen LogP contribution is 2.22. The van der Waals surface area contributed by atoms with Gasteiger partial charge in [0, 0.05) is 35.9 Å². The van der Waals surface area contributed by atoms with Gasteiger partial charge in [0.1, 0.15) is 0 Å². The Balaban J connectivity index is 0.00000200. The third kappa shape index (κ3) is 4.91. The van der Waals surface area contributed by atoms with Gasteiger partial charge in [0.25, 0.3) is 0 Å². The van der Waals surface area contributed by atoms with Crippen molar-refractivity contribution >= 4 is 23.7 Å². The quantitative estimate of drug-likeness (QED) is 0.880. The Morgan fingerprint density at radius 1 is 1.10 bits per heavy atom. The average molecular weight is 311 g/mol. The van der Waals surface area contributed by atoms with Crippen molar-refractivity contribution in [3.63, 3.8) is 0 Å². The predicted molar refractivity (Wildman–Crippen MR) is 90.7 cm³/mol. The van der Waals surface area contributed by atoms with E-state index in [1.54, 1.807) is 0 Å². The van der Waals surface area contributed by atoms with Gasteiger partial charge in [0.05, 0.1) is 0 Å². The number of hydrogen-bond donors (Lipinski definition) is 1. The molecule has 1 aromatic heterocycles. The smallest absolute Gasteiger partial charge is 0.0248 e. The van der Waals surface area contributed by atoms with E-state index in [0.717, 1.165) is 19.6 Å². The van der Waals surface area contributed by atoms with E-state index >= 15 is 0 Å². The summed E-state index contributed by atoms with van der Waals surface area (Å²) < 4.78 is 0. The molecule has 1 aromatic carbocycles. The Labute approximate surface area is 132 Å². The van der Waals surface area contributed by atoms with E-state index in [4.69, 9.17) is 5.73 Å². The molecule has 20 heavy (non-hydrogen) atoms. The molecule has 2 aromatic rings. The Hall–Kier alpha value is -0.870. The van der Waals surface area contributed by atoms with E-state index < -0.39 is 0 Å². The van der Waals surface area contributed by atoms with Gasteiger partial charge >= 0.3 is 0 Å². The van der Waals surface area contributed by atoms with Crippen LogP contribution in [0.5, 0.6) is 0 Å². The normalized spacial score (nSPS) is 10.6. The number of rotatable bonds is 6. The van der Waals surface area contributed by atoms with E-state index in [1.807, 2.05) is 11.3 Å². The minimum Gasteiger partial charge on any atom is -0.329 e. The number of hydrogen-bond acceptors (Lipinski definition) is 3. The van der Waals surface area contributed by atoms with Crippen LogP contribution < -0.4 is 5.73 Å². The maximum absolute atomic E-state index is 5.74. The molecule has 0 atom stereocenters. The zero-order chi connectivity index (χ0) is 13.7. The molecule has 0 aliphatic carbocycles. The zero-order valence-corrected chi connectivity index (χ0v) is 13.8. The summed E-state index contributed by atoms with van der Waals surface area (Å²) in [6.07, 6.45) is 0. The van der Waals surface area contributed by atoms with Crippen LogP contribution in [0.4, 0.5) is 0 Å². The molecule has 0 amide bonds. The lowest BCUT2D eigenvalue weighted by Crippen LogP contribution is -2.28. The third-order valence-electron chi connectivity index (χ3n) is 3.23. The number of halogens is 1. The molecule has 4 heteroatoms. The van der Waals surface area contributed by atoms with Crippen LogP contribution in [-0.4, -0.2) is 18.0 Å². The number of thiophene rings is 1. The lowest BCUT2D eigenvalue weighted by atomic mass is 10.2. The van der Waals surface area contributed by atoms with Crippen LogP contribution in [-0.2, 0) is 13.1 Å². The first-order chi connectivity index (χ1) is 9.19. The van der Waals surface area contributed by atoms with Gasteiger partial charge in [-0.05, 0) is 31.0 Å². The molecule has 0 aliphatic heterocycles. The molecule has 0 saturated carbocycles. The lowest BCUT2D eigenvalue weighted by Gasteiger charge is -2.21. The fraction of sp³-hybridized carbons (Fsp3) is 0.375. The van der Waals surface area contributed by atoms with E-state index in [-0.39, 0.29) is 12.4 Å². The topological polar surface area (TPSA) is 29.3 Å². The SMILES string of the molecule is Cc1cc(CN(CCN)Cc2ccccc2)c(C)s1.Cl. The summed E-state index contributed by atoms with van der Waals surface area (Å²) in [7, 11) is 0. The molecular weight excluding hydrogens is 288 g/mol. The van der Waals surface area contributed by atoms with Gasteiger partial charge in [-0.1, -0.05) is 30.3 Å². The lowest BCUT2D eigenvalue weighted by molar-refractivity contribution is 0.264. The van der Waals surface area contributed by atoms with Crippen LogP contribution in [0.1, 0.15) is 20.9 Å². The Morgan fingerprint density at radius 3 is 2.35 bits per heavy atom. The van der Waals surface area contributed by atoms with Crippen LogP contribution in [0.2, 0.25) is 0 Å². The van der Waals surface area contributed by atoms with E-state index in [2.05, 4.69) is 55.1 Å². The summed E-state index contributed by atoms with van der Waals surface area (Å²) in [6, 6.07) is 12.9. The molecule has 2 nitrogen and oxygen atoms in total. The van der Waals surface area contributed by atoms with Crippen molar-refractivity contribution in [3.8, 4) is 0 Å². The Bertz CT molecular complexity index is 510. The number of aryl methyl sites for hydroxylation is 2. The van der Waals surface area contributed by atoms with Crippen molar-refractivity contribution in [1.82, 2.24) is 4.90 Å². The van der Waals surface area contributed by atoms with Gasteiger partial charge in [-0.25, -0.2) is 0 Å². The molecule has 0 fully saturated rings. The van der Waals surface area contributed by atoms with Crippen LogP contribution in [0.25, 0.3) is 0 Å². The summed E-state index contributed by atoms with van der Waals surface area (Å²) in [5, 5.41) is 0. The molecule has 2 rings (SSSR count). The minimum absolute atomic E-state index is 0. The summed E-state index contributed by atoms with van der Waals surface area (Å²) in [5.74, 6) is 0. The molecule has 0 bridgehead atoms. The Morgan fingerprint density at radius 2 is 1.80 bits per heavy atom. The first-order valence-corrected chi connectivity index (χ1v) is 7.53. The molecule has 110 valence electrons. The highest BCUT2D eigenvalue weighted by atomic mass is 35.5. The number of nitrogens with zero attached hydrogens (tertiary/aromatic N) is 1. The maximum atomic E-state index is 5.74. The molecule has 0 aliphatic rings. The molecule has 0 radical (unpaired) electrons. The summed E-state index contributed by atoms with van der Waals surface area (Å²) in [6.45, 7) is 7.97. The second kappa shape index (κ2) is 8.42. The van der Waals surface area contributed by atoms with Gasteiger partial charge in [-0.3, -0.25) is 4.90 Å².